The summed E-state index contributed by atoms with van der Waals surface area (Å²) in [5.74, 6) is 2.88. The molecule has 1 aliphatic carbocycles. The highest BCUT2D eigenvalue weighted by molar-refractivity contribution is 8.77. The van der Waals surface area contributed by atoms with Crippen LogP contribution in [0.5, 0.6) is 0 Å². The summed E-state index contributed by atoms with van der Waals surface area (Å²) >= 11 is 0. The first-order chi connectivity index (χ1) is 4.41. The van der Waals surface area contributed by atoms with Crippen LogP contribution in [0.1, 0.15) is 25.7 Å². The Morgan fingerprint density at radius 3 is 2.00 bits per heavy atom. The van der Waals surface area contributed by atoms with Gasteiger partial charge in [-0.25, -0.2) is 0 Å². The van der Waals surface area contributed by atoms with Crippen LogP contribution >= 0.6 is 21.6 Å². The highest BCUT2D eigenvalue weighted by atomic mass is 33.1. The van der Waals surface area contributed by atoms with E-state index in [4.69, 9.17) is 0 Å². The van der Waals surface area contributed by atoms with Crippen molar-refractivity contribution in [1.29, 1.82) is 0 Å². The number of hydrogen-bond donors (Lipinski definition) is 0. The molecule has 0 aromatic rings. The van der Waals surface area contributed by atoms with Crippen LogP contribution in [0.3, 0.4) is 0 Å². The molecule has 0 atom stereocenters. The summed E-state index contributed by atoms with van der Waals surface area (Å²) in [5.41, 5.74) is 0.815. The van der Waals surface area contributed by atoms with E-state index in [1.54, 1.807) is 0 Å². The molecule has 1 saturated heterocycles. The Kier molecular flexibility index (Phi) is 1.70. The molecule has 1 spiro atoms. The third kappa shape index (κ3) is 1.12. The molecule has 9 heavy (non-hydrogen) atoms. The van der Waals surface area contributed by atoms with E-state index in [0.29, 0.717) is 0 Å². The minimum atomic E-state index is 0.815. The Morgan fingerprint density at radius 1 is 0.889 bits per heavy atom. The Bertz CT molecular complexity index is 82.0. The van der Waals surface area contributed by atoms with Gasteiger partial charge < -0.3 is 0 Å². The van der Waals surface area contributed by atoms with Gasteiger partial charge in [0.05, 0.1) is 0 Å². The second-order valence-electron chi connectivity index (χ2n) is 3.23. The molecule has 0 N–H and O–H groups in total. The van der Waals surface area contributed by atoms with Crippen LogP contribution in [0.4, 0.5) is 0 Å². The fourth-order valence-electron chi connectivity index (χ4n) is 1.79. The quantitative estimate of drug-likeness (QED) is 0.500. The molecule has 0 nitrogen and oxygen atoms in total. The zero-order valence-corrected chi connectivity index (χ0v) is 7.19. The molecule has 0 aromatic heterocycles. The highest BCUT2D eigenvalue weighted by Crippen LogP contribution is 2.52. The molecule has 0 bridgehead atoms. The molecule has 52 valence electrons. The topological polar surface area (TPSA) is 0 Å². The van der Waals surface area contributed by atoms with Crippen molar-refractivity contribution in [2.45, 2.75) is 25.7 Å². The summed E-state index contributed by atoms with van der Waals surface area (Å²) in [6, 6.07) is 0. The third-order valence-corrected chi connectivity index (χ3v) is 5.31. The van der Waals surface area contributed by atoms with Crippen molar-refractivity contribution in [3.05, 3.63) is 0 Å². The molecule has 1 aliphatic heterocycles. The van der Waals surface area contributed by atoms with Gasteiger partial charge in [-0.3, -0.25) is 0 Å². The molecular formula is C7H12S2. The van der Waals surface area contributed by atoms with Crippen LogP contribution in [0, 0.1) is 5.41 Å². The summed E-state index contributed by atoms with van der Waals surface area (Å²) < 4.78 is 0. The minimum Gasteiger partial charge on any atom is -0.0935 e. The lowest BCUT2D eigenvalue weighted by Gasteiger charge is -2.18. The average Bonchev–Trinajstić information content (AvgIpc) is 2.45. The van der Waals surface area contributed by atoms with Crippen molar-refractivity contribution in [3.63, 3.8) is 0 Å². The van der Waals surface area contributed by atoms with E-state index in [2.05, 4.69) is 21.6 Å². The van der Waals surface area contributed by atoms with E-state index in [1.807, 2.05) is 0 Å². The zero-order chi connectivity index (χ0) is 6.16. The second kappa shape index (κ2) is 2.39. The second-order valence-corrected chi connectivity index (χ2v) is 5.69. The lowest BCUT2D eigenvalue weighted by Crippen LogP contribution is -2.17. The molecule has 2 heteroatoms. The maximum atomic E-state index is 2.09. The van der Waals surface area contributed by atoms with E-state index in [-0.39, 0.29) is 0 Å². The molecule has 0 radical (unpaired) electrons. The monoisotopic (exact) mass is 160 g/mol. The third-order valence-electron chi connectivity index (χ3n) is 2.48. The highest BCUT2D eigenvalue weighted by Gasteiger charge is 2.37. The van der Waals surface area contributed by atoms with Gasteiger partial charge >= 0.3 is 0 Å². The zero-order valence-electron chi connectivity index (χ0n) is 5.56. The first-order valence-corrected chi connectivity index (χ1v) is 6.15. The molecular weight excluding hydrogens is 148 g/mol. The largest absolute Gasteiger partial charge is 0.0935 e. The van der Waals surface area contributed by atoms with E-state index in [9.17, 15) is 0 Å². The SMILES string of the molecule is C1CCC2(C1)CSSC2. The first kappa shape index (κ1) is 6.41. The summed E-state index contributed by atoms with van der Waals surface area (Å²) in [6.45, 7) is 0. The van der Waals surface area contributed by atoms with Gasteiger partial charge in [0.25, 0.3) is 0 Å². The van der Waals surface area contributed by atoms with Gasteiger partial charge in [-0.1, -0.05) is 34.4 Å². The summed E-state index contributed by atoms with van der Waals surface area (Å²) in [4.78, 5) is 0. The van der Waals surface area contributed by atoms with E-state index < -0.39 is 0 Å². The number of rotatable bonds is 0. The maximum absolute atomic E-state index is 2.09. The van der Waals surface area contributed by atoms with Crippen molar-refractivity contribution < 1.29 is 0 Å². The van der Waals surface area contributed by atoms with Crippen LogP contribution in [0.25, 0.3) is 0 Å². The maximum Gasteiger partial charge on any atom is 0.0102 e. The Hall–Kier alpha value is 0.700. The molecule has 1 saturated carbocycles. The van der Waals surface area contributed by atoms with Crippen LogP contribution in [-0.4, -0.2) is 11.5 Å². The normalized spacial score (nSPS) is 32.0. The summed E-state index contributed by atoms with van der Waals surface area (Å²) in [7, 11) is 4.17. The van der Waals surface area contributed by atoms with Gasteiger partial charge in [-0.15, -0.1) is 0 Å². The van der Waals surface area contributed by atoms with E-state index in [0.717, 1.165) is 5.41 Å². The minimum absolute atomic E-state index is 0.815. The smallest absolute Gasteiger partial charge is 0.0102 e. The van der Waals surface area contributed by atoms with Crippen molar-refractivity contribution in [2.24, 2.45) is 5.41 Å². The average molecular weight is 160 g/mol. The van der Waals surface area contributed by atoms with E-state index in [1.165, 1.54) is 37.2 Å². The Balaban J connectivity index is 2.04. The van der Waals surface area contributed by atoms with Crippen LogP contribution in [0.2, 0.25) is 0 Å². The Morgan fingerprint density at radius 2 is 1.44 bits per heavy atom. The van der Waals surface area contributed by atoms with Gasteiger partial charge in [0.2, 0.25) is 0 Å². The fourth-order valence-corrected chi connectivity index (χ4v) is 5.37. The molecule has 0 unspecified atom stereocenters. The lowest BCUT2D eigenvalue weighted by molar-refractivity contribution is 0.408. The van der Waals surface area contributed by atoms with Crippen LogP contribution in [0.15, 0.2) is 0 Å². The van der Waals surface area contributed by atoms with Crippen LogP contribution < -0.4 is 0 Å². The predicted octanol–water partition coefficient (Wildman–Crippen LogP) is 2.94. The van der Waals surface area contributed by atoms with Gasteiger partial charge in [0.1, 0.15) is 0 Å². The summed E-state index contributed by atoms with van der Waals surface area (Å²) in [5, 5.41) is 0. The van der Waals surface area contributed by atoms with Gasteiger partial charge in [0, 0.05) is 11.5 Å². The summed E-state index contributed by atoms with van der Waals surface area (Å²) in [6.07, 6.45) is 6.04. The molecule has 2 rings (SSSR count). The fraction of sp³-hybridized carbons (Fsp3) is 1.00. The Labute approximate surface area is 64.6 Å². The van der Waals surface area contributed by atoms with Gasteiger partial charge in [-0.2, -0.15) is 0 Å². The standard InChI is InChI=1S/C7H12S2/c1-2-4-7(3-1)5-8-9-6-7/h1-6H2. The molecule has 0 amide bonds. The van der Waals surface area contributed by atoms with Gasteiger partial charge in [0.15, 0.2) is 0 Å². The lowest BCUT2D eigenvalue weighted by atomic mass is 9.91. The molecule has 1 heterocycles. The predicted molar refractivity (Wildman–Crippen MR) is 45.8 cm³/mol. The molecule has 2 fully saturated rings. The van der Waals surface area contributed by atoms with Gasteiger partial charge in [-0.05, 0) is 18.3 Å². The first-order valence-electron chi connectivity index (χ1n) is 3.66. The van der Waals surface area contributed by atoms with Crippen LogP contribution in [-0.2, 0) is 0 Å². The number of hydrogen-bond acceptors (Lipinski definition) is 2. The van der Waals surface area contributed by atoms with Crippen molar-refractivity contribution in [3.8, 4) is 0 Å². The van der Waals surface area contributed by atoms with Crippen molar-refractivity contribution in [2.75, 3.05) is 11.5 Å². The molecule has 2 aliphatic rings. The van der Waals surface area contributed by atoms with Crippen molar-refractivity contribution >= 4 is 21.6 Å². The van der Waals surface area contributed by atoms with Crippen molar-refractivity contribution in [1.82, 2.24) is 0 Å². The molecule has 0 aromatic carbocycles. The van der Waals surface area contributed by atoms with E-state index >= 15 is 0 Å².